The maximum Gasteiger partial charge on any atom is 0.346 e. The van der Waals surface area contributed by atoms with Crippen molar-refractivity contribution in [3.8, 4) is 0 Å². The third-order valence-corrected chi connectivity index (χ3v) is 5.06. The average Bonchev–Trinajstić information content (AvgIpc) is 2.95. The molecule has 0 fully saturated rings. The van der Waals surface area contributed by atoms with Gasteiger partial charge in [0, 0.05) is 12.6 Å². The van der Waals surface area contributed by atoms with E-state index in [9.17, 15) is 13.2 Å². The lowest BCUT2D eigenvalue weighted by Crippen LogP contribution is -2.42. The van der Waals surface area contributed by atoms with Crippen molar-refractivity contribution in [2.24, 2.45) is 0 Å². The molecule has 0 N–H and O–H groups in total. The summed E-state index contributed by atoms with van der Waals surface area (Å²) in [5, 5.41) is 3.60. The zero-order valence-electron chi connectivity index (χ0n) is 13.8. The van der Waals surface area contributed by atoms with Gasteiger partial charge in [0.05, 0.1) is 5.75 Å². The number of amides is 1. The minimum atomic E-state index is -3.51. The summed E-state index contributed by atoms with van der Waals surface area (Å²) in [6, 6.07) is -0.245. The molecule has 1 atom stereocenters. The van der Waals surface area contributed by atoms with Crippen LogP contribution in [-0.2, 0) is 9.84 Å². The van der Waals surface area contributed by atoms with Gasteiger partial charge in [0.25, 0.3) is 5.16 Å². The van der Waals surface area contributed by atoms with Crippen LogP contribution in [0.4, 0.5) is 4.79 Å². The number of aromatic nitrogens is 3. The van der Waals surface area contributed by atoms with E-state index in [1.807, 2.05) is 13.8 Å². The lowest BCUT2D eigenvalue weighted by molar-refractivity contribution is 0.173. The van der Waals surface area contributed by atoms with Crippen molar-refractivity contribution in [2.75, 3.05) is 12.3 Å². The van der Waals surface area contributed by atoms with E-state index in [1.165, 1.54) is 6.33 Å². The maximum atomic E-state index is 12.5. The van der Waals surface area contributed by atoms with Crippen LogP contribution in [0.3, 0.4) is 0 Å². The molecule has 0 aliphatic heterocycles. The summed E-state index contributed by atoms with van der Waals surface area (Å²) < 4.78 is 24.9. The number of carbonyl (C=O) groups is 1. The van der Waals surface area contributed by atoms with E-state index in [-0.39, 0.29) is 23.0 Å². The highest BCUT2D eigenvalue weighted by Crippen LogP contribution is 2.11. The van der Waals surface area contributed by atoms with Gasteiger partial charge in [-0.3, -0.25) is 0 Å². The number of nitrogens with zero attached hydrogens (tertiary/aromatic N) is 4. The van der Waals surface area contributed by atoms with E-state index in [0.29, 0.717) is 13.0 Å². The zero-order valence-corrected chi connectivity index (χ0v) is 14.6. The molecule has 0 saturated carbocycles. The van der Waals surface area contributed by atoms with E-state index in [1.54, 1.807) is 11.8 Å². The molecule has 0 aliphatic rings. The Bertz CT molecular complexity index is 583. The van der Waals surface area contributed by atoms with Crippen LogP contribution in [-0.4, -0.2) is 52.5 Å². The van der Waals surface area contributed by atoms with E-state index in [2.05, 4.69) is 17.0 Å². The highest BCUT2D eigenvalue weighted by Gasteiger charge is 2.24. The first-order valence-corrected chi connectivity index (χ1v) is 9.47. The van der Waals surface area contributed by atoms with Gasteiger partial charge in [-0.15, -0.1) is 5.10 Å². The van der Waals surface area contributed by atoms with E-state index in [4.69, 9.17) is 0 Å². The van der Waals surface area contributed by atoms with Gasteiger partial charge in [-0.25, -0.2) is 18.2 Å². The van der Waals surface area contributed by atoms with E-state index < -0.39 is 9.84 Å². The minimum absolute atomic E-state index is 0.0177. The highest BCUT2D eigenvalue weighted by atomic mass is 32.2. The molecule has 0 aromatic carbocycles. The van der Waals surface area contributed by atoms with Crippen LogP contribution in [0, 0.1) is 0 Å². The summed E-state index contributed by atoms with van der Waals surface area (Å²) in [6.45, 7) is 8.43. The smallest absolute Gasteiger partial charge is 0.320 e. The molecule has 0 radical (unpaired) electrons. The SMILES string of the molecule is CCCC(C)N(CCC)C(=O)n1cnc(S(=O)(=O)CCC)n1. The lowest BCUT2D eigenvalue weighted by atomic mass is 10.1. The summed E-state index contributed by atoms with van der Waals surface area (Å²) in [5.74, 6) is -0.0177. The summed E-state index contributed by atoms with van der Waals surface area (Å²) >= 11 is 0. The van der Waals surface area contributed by atoms with Gasteiger partial charge in [-0.05, 0) is 26.2 Å². The fraction of sp³-hybridized carbons (Fsp3) is 0.786. The molecule has 126 valence electrons. The summed E-state index contributed by atoms with van der Waals surface area (Å²) in [7, 11) is -3.51. The van der Waals surface area contributed by atoms with Gasteiger partial charge in [-0.1, -0.05) is 27.2 Å². The van der Waals surface area contributed by atoms with E-state index >= 15 is 0 Å². The molecule has 0 spiro atoms. The van der Waals surface area contributed by atoms with Crippen LogP contribution in [0.1, 0.15) is 53.4 Å². The molecule has 1 rings (SSSR count). The number of hydrogen-bond acceptors (Lipinski definition) is 5. The monoisotopic (exact) mass is 330 g/mol. The molecular weight excluding hydrogens is 304 g/mol. The number of rotatable bonds is 8. The maximum absolute atomic E-state index is 12.5. The minimum Gasteiger partial charge on any atom is -0.320 e. The average molecular weight is 330 g/mol. The van der Waals surface area contributed by atoms with Gasteiger partial charge in [0.1, 0.15) is 6.33 Å². The second-order valence-electron chi connectivity index (χ2n) is 5.40. The van der Waals surface area contributed by atoms with Gasteiger partial charge < -0.3 is 4.90 Å². The molecule has 8 heteroatoms. The normalized spacial score (nSPS) is 13.1. The van der Waals surface area contributed by atoms with Crippen LogP contribution >= 0.6 is 0 Å². The number of carbonyl (C=O) groups excluding carboxylic acids is 1. The molecule has 1 unspecified atom stereocenters. The molecular formula is C14H26N4O3S. The zero-order chi connectivity index (χ0) is 16.8. The topological polar surface area (TPSA) is 85.2 Å². The fourth-order valence-corrected chi connectivity index (χ4v) is 3.43. The predicted molar refractivity (Wildman–Crippen MR) is 84.5 cm³/mol. The Balaban J connectivity index is 2.98. The third kappa shape index (κ3) is 4.53. The second kappa shape index (κ2) is 8.26. The van der Waals surface area contributed by atoms with Crippen molar-refractivity contribution in [1.82, 2.24) is 19.7 Å². The predicted octanol–water partition coefficient (Wildman–Crippen LogP) is 2.33. The summed E-state index contributed by atoms with van der Waals surface area (Å²) in [5.41, 5.74) is 0. The molecule has 1 amide bonds. The molecule has 0 bridgehead atoms. The van der Waals surface area contributed by atoms with Crippen LogP contribution in [0.25, 0.3) is 0 Å². The lowest BCUT2D eigenvalue weighted by Gasteiger charge is -2.28. The number of hydrogen-bond donors (Lipinski definition) is 0. The molecule has 1 heterocycles. The fourth-order valence-electron chi connectivity index (χ4n) is 2.29. The summed E-state index contributed by atoms with van der Waals surface area (Å²) in [4.78, 5) is 18.0. The van der Waals surface area contributed by atoms with Gasteiger partial charge >= 0.3 is 6.03 Å². The van der Waals surface area contributed by atoms with Crippen LogP contribution in [0.2, 0.25) is 0 Å². The molecule has 0 saturated heterocycles. The Hall–Kier alpha value is -1.44. The van der Waals surface area contributed by atoms with Crippen LogP contribution in [0.15, 0.2) is 11.5 Å². The highest BCUT2D eigenvalue weighted by molar-refractivity contribution is 7.91. The molecule has 1 aromatic rings. The first kappa shape index (κ1) is 18.6. The number of sulfone groups is 1. The quantitative estimate of drug-likeness (QED) is 0.730. The first-order chi connectivity index (χ1) is 10.4. The van der Waals surface area contributed by atoms with Crippen molar-refractivity contribution in [3.05, 3.63) is 6.33 Å². The third-order valence-electron chi connectivity index (χ3n) is 3.37. The van der Waals surface area contributed by atoms with Crippen molar-refractivity contribution in [2.45, 2.75) is 64.6 Å². The molecule has 1 aromatic heterocycles. The van der Waals surface area contributed by atoms with E-state index in [0.717, 1.165) is 23.9 Å². The largest absolute Gasteiger partial charge is 0.346 e. The first-order valence-electron chi connectivity index (χ1n) is 7.82. The Labute approximate surface area is 132 Å². The van der Waals surface area contributed by atoms with Crippen molar-refractivity contribution in [1.29, 1.82) is 0 Å². The van der Waals surface area contributed by atoms with Crippen molar-refractivity contribution < 1.29 is 13.2 Å². The van der Waals surface area contributed by atoms with Crippen LogP contribution < -0.4 is 0 Å². The van der Waals surface area contributed by atoms with Crippen molar-refractivity contribution >= 4 is 15.9 Å². The van der Waals surface area contributed by atoms with Gasteiger partial charge in [0.15, 0.2) is 0 Å². The standard InChI is InChI=1S/C14H26N4O3S/c1-5-8-12(4)17(9-6-2)14(19)18-11-15-13(16-18)22(20,21)10-7-3/h11-12H,5-10H2,1-4H3. The van der Waals surface area contributed by atoms with Gasteiger partial charge in [-0.2, -0.15) is 4.68 Å². The molecule has 22 heavy (non-hydrogen) atoms. The second-order valence-corrected chi connectivity index (χ2v) is 7.41. The Morgan fingerprint density at radius 2 is 1.95 bits per heavy atom. The Kier molecular flexibility index (Phi) is 6.99. The van der Waals surface area contributed by atoms with Crippen LogP contribution in [0.5, 0.6) is 0 Å². The van der Waals surface area contributed by atoms with Crippen molar-refractivity contribution in [3.63, 3.8) is 0 Å². The Morgan fingerprint density at radius 3 is 2.50 bits per heavy atom. The molecule has 7 nitrogen and oxygen atoms in total. The van der Waals surface area contributed by atoms with Gasteiger partial charge in [0.2, 0.25) is 9.84 Å². The Morgan fingerprint density at radius 1 is 1.27 bits per heavy atom. The summed E-state index contributed by atoms with van der Waals surface area (Å²) in [6.07, 6.45) is 4.37. The molecule has 0 aliphatic carbocycles.